The minimum atomic E-state index is -3.59. The minimum absolute atomic E-state index is 0.150. The Labute approximate surface area is 171 Å². The average molecular weight is 416 g/mol. The predicted octanol–water partition coefficient (Wildman–Crippen LogP) is 2.41. The molecule has 1 aliphatic heterocycles. The fourth-order valence-electron chi connectivity index (χ4n) is 3.44. The zero-order valence-corrected chi connectivity index (χ0v) is 17.6. The van der Waals surface area contributed by atoms with Crippen LogP contribution in [0.15, 0.2) is 47.4 Å². The highest BCUT2D eigenvalue weighted by Gasteiger charge is 2.31. The van der Waals surface area contributed by atoms with E-state index in [0.29, 0.717) is 29.2 Å². The number of sulfonamides is 1. The predicted molar refractivity (Wildman–Crippen MR) is 111 cm³/mol. The standard InChI is InChI=1S/C21H25N3O4S/c1-15-4-9-20(16(2)14-15)29(27,28)24-12-10-23(11-13-24)21(26)18-5-7-19(8-6-18)22-17(3)25/h4-9,14H,10-13H2,1-3H3,(H,22,25). The van der Waals surface area contributed by atoms with Crippen molar-refractivity contribution in [2.75, 3.05) is 31.5 Å². The maximum absolute atomic E-state index is 13.0. The van der Waals surface area contributed by atoms with Gasteiger partial charge in [0, 0.05) is 44.4 Å². The number of nitrogens with one attached hydrogen (secondary N) is 1. The molecule has 0 bridgehead atoms. The van der Waals surface area contributed by atoms with Crippen molar-refractivity contribution in [2.24, 2.45) is 0 Å². The van der Waals surface area contributed by atoms with Crippen molar-refractivity contribution in [3.8, 4) is 0 Å². The first kappa shape index (κ1) is 21.0. The molecule has 1 N–H and O–H groups in total. The molecule has 29 heavy (non-hydrogen) atoms. The van der Waals surface area contributed by atoms with Crippen LogP contribution in [-0.4, -0.2) is 55.6 Å². The van der Waals surface area contributed by atoms with Gasteiger partial charge in [-0.1, -0.05) is 17.7 Å². The highest BCUT2D eigenvalue weighted by molar-refractivity contribution is 7.89. The highest BCUT2D eigenvalue weighted by atomic mass is 32.2. The Morgan fingerprint density at radius 1 is 0.931 bits per heavy atom. The first-order valence-corrected chi connectivity index (χ1v) is 10.9. The van der Waals surface area contributed by atoms with Crippen molar-refractivity contribution in [1.82, 2.24) is 9.21 Å². The van der Waals surface area contributed by atoms with Gasteiger partial charge in [-0.05, 0) is 49.7 Å². The third kappa shape index (κ3) is 4.65. The lowest BCUT2D eigenvalue weighted by Crippen LogP contribution is -2.50. The first-order valence-electron chi connectivity index (χ1n) is 9.43. The smallest absolute Gasteiger partial charge is 0.253 e. The topological polar surface area (TPSA) is 86.8 Å². The molecule has 0 atom stereocenters. The summed E-state index contributed by atoms with van der Waals surface area (Å²) in [5.41, 5.74) is 2.87. The molecule has 1 aliphatic rings. The number of rotatable bonds is 4. The van der Waals surface area contributed by atoms with Gasteiger partial charge in [-0.3, -0.25) is 9.59 Å². The lowest BCUT2D eigenvalue weighted by molar-refractivity contribution is -0.114. The summed E-state index contributed by atoms with van der Waals surface area (Å²) >= 11 is 0. The summed E-state index contributed by atoms with van der Waals surface area (Å²) in [6.07, 6.45) is 0. The van der Waals surface area contributed by atoms with Crippen LogP contribution in [-0.2, 0) is 14.8 Å². The second-order valence-corrected chi connectivity index (χ2v) is 9.13. The van der Waals surface area contributed by atoms with Crippen LogP contribution in [0.3, 0.4) is 0 Å². The van der Waals surface area contributed by atoms with Crippen LogP contribution in [0.25, 0.3) is 0 Å². The number of benzene rings is 2. The molecule has 3 rings (SSSR count). The molecule has 0 unspecified atom stereocenters. The summed E-state index contributed by atoms with van der Waals surface area (Å²) in [6, 6.07) is 12.0. The molecule has 0 aliphatic carbocycles. The van der Waals surface area contributed by atoms with Crippen molar-refractivity contribution in [3.63, 3.8) is 0 Å². The molecule has 2 amide bonds. The lowest BCUT2D eigenvalue weighted by Gasteiger charge is -2.34. The van der Waals surface area contributed by atoms with E-state index in [9.17, 15) is 18.0 Å². The Morgan fingerprint density at radius 2 is 1.55 bits per heavy atom. The van der Waals surface area contributed by atoms with Crippen LogP contribution in [0.1, 0.15) is 28.4 Å². The quantitative estimate of drug-likeness (QED) is 0.831. The summed E-state index contributed by atoms with van der Waals surface area (Å²) in [5, 5.41) is 2.66. The van der Waals surface area contributed by atoms with Crippen LogP contribution < -0.4 is 5.32 Å². The third-order valence-corrected chi connectivity index (χ3v) is 6.99. The SMILES string of the molecule is CC(=O)Nc1ccc(C(=O)N2CCN(S(=O)(=O)c3ccc(C)cc3C)CC2)cc1. The molecular weight excluding hydrogens is 390 g/mol. The summed E-state index contributed by atoms with van der Waals surface area (Å²) in [5.74, 6) is -0.326. The van der Waals surface area contributed by atoms with Crippen molar-refractivity contribution in [1.29, 1.82) is 0 Å². The number of nitrogens with zero attached hydrogens (tertiary/aromatic N) is 2. The fourth-order valence-corrected chi connectivity index (χ4v) is 5.07. The second-order valence-electron chi connectivity index (χ2n) is 7.22. The first-order chi connectivity index (χ1) is 13.7. The summed E-state index contributed by atoms with van der Waals surface area (Å²) in [4.78, 5) is 25.8. The number of carbonyl (C=O) groups is 2. The molecule has 1 fully saturated rings. The molecule has 2 aromatic carbocycles. The van der Waals surface area contributed by atoms with Crippen molar-refractivity contribution < 1.29 is 18.0 Å². The number of carbonyl (C=O) groups excluding carboxylic acids is 2. The van der Waals surface area contributed by atoms with Crippen LogP contribution >= 0.6 is 0 Å². The number of hydrogen-bond acceptors (Lipinski definition) is 4. The minimum Gasteiger partial charge on any atom is -0.336 e. The van der Waals surface area contributed by atoms with Crippen LogP contribution in [0.2, 0.25) is 0 Å². The fraction of sp³-hybridized carbons (Fsp3) is 0.333. The monoisotopic (exact) mass is 415 g/mol. The van der Waals surface area contributed by atoms with Gasteiger partial charge in [-0.2, -0.15) is 4.31 Å². The van der Waals surface area contributed by atoms with E-state index in [2.05, 4.69) is 5.32 Å². The van der Waals surface area contributed by atoms with Crippen LogP contribution in [0.5, 0.6) is 0 Å². The molecule has 0 aromatic heterocycles. The van der Waals surface area contributed by atoms with E-state index in [0.717, 1.165) is 11.1 Å². The highest BCUT2D eigenvalue weighted by Crippen LogP contribution is 2.22. The Hall–Kier alpha value is -2.71. The number of amides is 2. The average Bonchev–Trinajstić information content (AvgIpc) is 2.67. The largest absolute Gasteiger partial charge is 0.336 e. The van der Waals surface area contributed by atoms with E-state index in [-0.39, 0.29) is 24.9 Å². The van der Waals surface area contributed by atoms with Crippen LogP contribution in [0, 0.1) is 13.8 Å². The van der Waals surface area contributed by atoms with E-state index >= 15 is 0 Å². The summed E-state index contributed by atoms with van der Waals surface area (Å²) in [6.45, 7) is 6.31. The lowest BCUT2D eigenvalue weighted by atomic mass is 10.1. The van der Waals surface area contributed by atoms with Gasteiger partial charge in [0.05, 0.1) is 4.90 Å². The second kappa shape index (κ2) is 8.34. The van der Waals surface area contributed by atoms with E-state index in [1.165, 1.54) is 11.2 Å². The molecule has 154 valence electrons. The summed E-state index contributed by atoms with van der Waals surface area (Å²) < 4.78 is 27.4. The maximum Gasteiger partial charge on any atom is 0.253 e. The third-order valence-electron chi connectivity index (χ3n) is 4.93. The van der Waals surface area contributed by atoms with Gasteiger partial charge in [0.25, 0.3) is 5.91 Å². The molecular formula is C21H25N3O4S. The van der Waals surface area contributed by atoms with E-state index < -0.39 is 10.0 Å². The van der Waals surface area contributed by atoms with Crippen LogP contribution in [0.4, 0.5) is 5.69 Å². The normalized spacial score (nSPS) is 15.2. The zero-order chi connectivity index (χ0) is 21.2. The van der Waals surface area contributed by atoms with Gasteiger partial charge in [0.15, 0.2) is 0 Å². The van der Waals surface area contributed by atoms with Crippen molar-refractivity contribution in [2.45, 2.75) is 25.7 Å². The van der Waals surface area contributed by atoms with Gasteiger partial charge in [0.2, 0.25) is 15.9 Å². The zero-order valence-electron chi connectivity index (χ0n) is 16.8. The van der Waals surface area contributed by atoms with Gasteiger partial charge in [-0.25, -0.2) is 8.42 Å². The molecule has 0 radical (unpaired) electrons. The molecule has 8 heteroatoms. The van der Waals surface area contributed by atoms with Gasteiger partial charge < -0.3 is 10.2 Å². The number of hydrogen-bond donors (Lipinski definition) is 1. The Morgan fingerprint density at radius 3 is 2.10 bits per heavy atom. The van der Waals surface area contributed by atoms with E-state index in [4.69, 9.17) is 0 Å². The molecule has 7 nitrogen and oxygen atoms in total. The van der Waals surface area contributed by atoms with Crippen molar-refractivity contribution in [3.05, 3.63) is 59.2 Å². The maximum atomic E-state index is 13.0. The Bertz CT molecular complexity index is 1020. The van der Waals surface area contributed by atoms with Gasteiger partial charge in [0.1, 0.15) is 0 Å². The molecule has 2 aromatic rings. The Kier molecular flexibility index (Phi) is 6.04. The molecule has 0 saturated carbocycles. The molecule has 1 heterocycles. The number of piperazine rings is 1. The number of aryl methyl sites for hydroxylation is 2. The molecule has 1 saturated heterocycles. The Balaban J connectivity index is 1.66. The van der Waals surface area contributed by atoms with Crippen molar-refractivity contribution >= 4 is 27.5 Å². The summed E-state index contributed by atoms with van der Waals surface area (Å²) in [7, 11) is -3.59. The van der Waals surface area contributed by atoms with E-state index in [1.54, 1.807) is 48.2 Å². The van der Waals surface area contributed by atoms with E-state index in [1.807, 2.05) is 13.0 Å². The van der Waals surface area contributed by atoms with Gasteiger partial charge in [-0.15, -0.1) is 0 Å². The molecule has 0 spiro atoms. The van der Waals surface area contributed by atoms with Gasteiger partial charge >= 0.3 is 0 Å². The number of anilines is 1.